The molecule has 5 nitrogen and oxygen atoms in total. The fourth-order valence-electron chi connectivity index (χ4n) is 1.15. The summed E-state index contributed by atoms with van der Waals surface area (Å²) >= 11 is 0. The molecule has 8 heteroatoms. The molecular formula is C12H15F3N2O3. The smallest absolute Gasteiger partial charge is 0.475 e. The molecule has 2 amide bonds. The van der Waals surface area contributed by atoms with Crippen LogP contribution in [-0.2, 0) is 11.2 Å². The van der Waals surface area contributed by atoms with Gasteiger partial charge in [-0.2, -0.15) is 13.2 Å². The Morgan fingerprint density at radius 3 is 2.10 bits per heavy atom. The van der Waals surface area contributed by atoms with Crippen LogP contribution >= 0.6 is 0 Å². The minimum atomic E-state index is -5.08. The predicted molar refractivity (Wildman–Crippen MR) is 66.0 cm³/mol. The van der Waals surface area contributed by atoms with Gasteiger partial charge in [0, 0.05) is 6.54 Å². The van der Waals surface area contributed by atoms with Crippen LogP contribution in [0, 0.1) is 0 Å². The third kappa shape index (κ3) is 9.75. The molecule has 0 aliphatic carbocycles. The Labute approximate surface area is 113 Å². The Hall–Kier alpha value is -2.25. The topological polar surface area (TPSA) is 92.4 Å². The maximum atomic E-state index is 10.6. The fourth-order valence-corrected chi connectivity index (χ4v) is 1.15. The van der Waals surface area contributed by atoms with Gasteiger partial charge in [0.1, 0.15) is 0 Å². The van der Waals surface area contributed by atoms with Gasteiger partial charge in [-0.05, 0) is 18.4 Å². The molecule has 0 spiro atoms. The van der Waals surface area contributed by atoms with Crippen molar-refractivity contribution in [3.8, 4) is 0 Å². The largest absolute Gasteiger partial charge is 0.490 e. The zero-order chi connectivity index (χ0) is 15.6. The summed E-state index contributed by atoms with van der Waals surface area (Å²) in [6.07, 6.45) is -3.19. The normalized spacial score (nSPS) is 10.2. The Bertz CT molecular complexity index is 422. The average molecular weight is 292 g/mol. The van der Waals surface area contributed by atoms with E-state index in [0.717, 1.165) is 12.8 Å². The monoisotopic (exact) mass is 292 g/mol. The maximum Gasteiger partial charge on any atom is 0.490 e. The second-order valence-electron chi connectivity index (χ2n) is 3.68. The molecule has 0 saturated heterocycles. The van der Waals surface area contributed by atoms with E-state index < -0.39 is 18.2 Å². The minimum Gasteiger partial charge on any atom is -0.475 e. The number of benzene rings is 1. The van der Waals surface area contributed by atoms with E-state index in [2.05, 4.69) is 17.4 Å². The van der Waals surface area contributed by atoms with Crippen LogP contribution in [0.4, 0.5) is 18.0 Å². The summed E-state index contributed by atoms with van der Waals surface area (Å²) in [4.78, 5) is 19.2. The molecule has 1 aromatic rings. The van der Waals surface area contributed by atoms with Crippen molar-refractivity contribution in [3.05, 3.63) is 35.9 Å². The zero-order valence-corrected chi connectivity index (χ0v) is 10.5. The molecule has 0 aromatic heterocycles. The summed E-state index contributed by atoms with van der Waals surface area (Å²) in [5, 5.41) is 9.68. The van der Waals surface area contributed by atoms with Crippen molar-refractivity contribution < 1.29 is 27.9 Å². The number of primary amides is 1. The molecule has 0 unspecified atom stereocenters. The van der Waals surface area contributed by atoms with Crippen LogP contribution in [0.3, 0.4) is 0 Å². The third-order valence-electron chi connectivity index (χ3n) is 2.03. The molecule has 20 heavy (non-hydrogen) atoms. The van der Waals surface area contributed by atoms with Crippen molar-refractivity contribution >= 4 is 12.0 Å². The van der Waals surface area contributed by atoms with E-state index in [0.29, 0.717) is 6.54 Å². The predicted octanol–water partition coefficient (Wildman–Crippen LogP) is 1.92. The van der Waals surface area contributed by atoms with Gasteiger partial charge in [0.2, 0.25) is 0 Å². The Morgan fingerprint density at radius 1 is 1.20 bits per heavy atom. The molecule has 0 aliphatic heterocycles. The Kier molecular flexibility index (Phi) is 7.80. The summed E-state index contributed by atoms with van der Waals surface area (Å²) in [5.41, 5.74) is 6.21. The Balaban J connectivity index is 0.000000441. The van der Waals surface area contributed by atoms with Gasteiger partial charge in [0.05, 0.1) is 0 Å². The lowest BCUT2D eigenvalue weighted by atomic mass is 10.1. The van der Waals surface area contributed by atoms with Crippen molar-refractivity contribution in [2.75, 3.05) is 6.54 Å². The van der Waals surface area contributed by atoms with E-state index in [1.54, 1.807) is 0 Å². The number of alkyl halides is 3. The van der Waals surface area contributed by atoms with Crippen LogP contribution in [0.1, 0.15) is 12.0 Å². The van der Waals surface area contributed by atoms with Crippen LogP contribution in [0.15, 0.2) is 30.3 Å². The zero-order valence-electron chi connectivity index (χ0n) is 10.5. The maximum absolute atomic E-state index is 10.6. The molecule has 0 bridgehead atoms. The first kappa shape index (κ1) is 17.8. The molecule has 0 aliphatic rings. The highest BCUT2D eigenvalue weighted by Gasteiger charge is 2.38. The minimum absolute atomic E-state index is 0.451. The van der Waals surface area contributed by atoms with E-state index in [4.69, 9.17) is 15.6 Å². The molecule has 0 heterocycles. The summed E-state index contributed by atoms with van der Waals surface area (Å²) in [5.74, 6) is -2.76. The SMILES string of the molecule is NC(=O)NCCCc1ccccc1.O=C(O)C(F)(F)F. The number of urea groups is 1. The number of carboxylic acids is 1. The van der Waals surface area contributed by atoms with Gasteiger partial charge < -0.3 is 16.2 Å². The van der Waals surface area contributed by atoms with Crippen molar-refractivity contribution in [1.82, 2.24) is 5.32 Å². The summed E-state index contributed by atoms with van der Waals surface area (Å²) in [6, 6.07) is 9.71. The number of aliphatic carboxylic acids is 1. The standard InChI is InChI=1S/C10H14N2O.C2HF3O2/c11-10(13)12-8-4-7-9-5-2-1-3-6-9;3-2(4,5)1(6)7/h1-3,5-6H,4,7-8H2,(H3,11,12,13);(H,6,7). The van der Waals surface area contributed by atoms with Crippen molar-refractivity contribution in [2.45, 2.75) is 19.0 Å². The average Bonchev–Trinajstić information content (AvgIpc) is 2.35. The molecule has 0 atom stereocenters. The van der Waals surface area contributed by atoms with Gasteiger partial charge in [-0.3, -0.25) is 0 Å². The lowest BCUT2D eigenvalue weighted by Gasteiger charge is -2.01. The first-order chi connectivity index (χ1) is 9.23. The van der Waals surface area contributed by atoms with Gasteiger partial charge >= 0.3 is 18.2 Å². The summed E-state index contributed by atoms with van der Waals surface area (Å²) in [6.45, 7) is 0.643. The Morgan fingerprint density at radius 2 is 1.70 bits per heavy atom. The highest BCUT2D eigenvalue weighted by atomic mass is 19.4. The number of carbonyl (C=O) groups excluding carboxylic acids is 1. The number of carboxylic acid groups (broad SMARTS) is 1. The number of aryl methyl sites for hydroxylation is 1. The molecule has 112 valence electrons. The fraction of sp³-hybridized carbons (Fsp3) is 0.333. The number of nitrogens with one attached hydrogen (secondary N) is 1. The molecular weight excluding hydrogens is 277 g/mol. The molecule has 0 fully saturated rings. The van der Waals surface area contributed by atoms with E-state index in [-0.39, 0.29) is 0 Å². The molecule has 1 rings (SSSR count). The number of amides is 2. The number of hydrogen-bond acceptors (Lipinski definition) is 2. The van der Waals surface area contributed by atoms with Crippen LogP contribution < -0.4 is 11.1 Å². The second kappa shape index (κ2) is 8.78. The third-order valence-corrected chi connectivity index (χ3v) is 2.03. The number of nitrogens with two attached hydrogens (primary N) is 1. The number of hydrogen-bond donors (Lipinski definition) is 3. The van der Waals surface area contributed by atoms with Gasteiger partial charge in [0.25, 0.3) is 0 Å². The summed E-state index contributed by atoms with van der Waals surface area (Å²) < 4.78 is 31.7. The second-order valence-corrected chi connectivity index (χ2v) is 3.68. The van der Waals surface area contributed by atoms with Crippen molar-refractivity contribution in [1.29, 1.82) is 0 Å². The van der Waals surface area contributed by atoms with Gasteiger partial charge in [-0.1, -0.05) is 30.3 Å². The van der Waals surface area contributed by atoms with E-state index in [1.807, 2.05) is 18.2 Å². The highest BCUT2D eigenvalue weighted by molar-refractivity contribution is 5.73. The van der Waals surface area contributed by atoms with Gasteiger partial charge in [-0.25, -0.2) is 9.59 Å². The first-order valence-electron chi connectivity index (χ1n) is 5.61. The number of carbonyl (C=O) groups is 2. The quantitative estimate of drug-likeness (QED) is 0.740. The van der Waals surface area contributed by atoms with Crippen molar-refractivity contribution in [3.63, 3.8) is 0 Å². The van der Waals surface area contributed by atoms with Crippen LogP contribution in [0.2, 0.25) is 0 Å². The molecule has 0 saturated carbocycles. The highest BCUT2D eigenvalue weighted by Crippen LogP contribution is 2.13. The summed E-state index contributed by atoms with van der Waals surface area (Å²) in [7, 11) is 0. The molecule has 1 aromatic carbocycles. The lowest BCUT2D eigenvalue weighted by molar-refractivity contribution is -0.192. The van der Waals surface area contributed by atoms with Crippen LogP contribution in [-0.4, -0.2) is 29.8 Å². The van der Waals surface area contributed by atoms with Crippen molar-refractivity contribution in [2.24, 2.45) is 5.73 Å². The molecule has 0 radical (unpaired) electrons. The number of rotatable bonds is 4. The lowest BCUT2D eigenvalue weighted by Crippen LogP contribution is -2.30. The molecule has 4 N–H and O–H groups in total. The first-order valence-corrected chi connectivity index (χ1v) is 5.61. The number of halogens is 3. The van der Waals surface area contributed by atoms with Gasteiger partial charge in [-0.15, -0.1) is 0 Å². The van der Waals surface area contributed by atoms with Gasteiger partial charge in [0.15, 0.2) is 0 Å². The van der Waals surface area contributed by atoms with E-state index in [9.17, 15) is 18.0 Å². The van der Waals surface area contributed by atoms with Crippen LogP contribution in [0.5, 0.6) is 0 Å². The van der Waals surface area contributed by atoms with E-state index in [1.165, 1.54) is 5.56 Å². The van der Waals surface area contributed by atoms with E-state index >= 15 is 0 Å². The van der Waals surface area contributed by atoms with Crippen LogP contribution in [0.25, 0.3) is 0 Å².